The van der Waals surface area contributed by atoms with Crippen molar-refractivity contribution in [3.63, 3.8) is 0 Å². The summed E-state index contributed by atoms with van der Waals surface area (Å²) in [4.78, 5) is 6.81. The first-order valence-corrected chi connectivity index (χ1v) is 11.0. The van der Waals surface area contributed by atoms with Crippen molar-refractivity contribution in [1.82, 2.24) is 29.9 Å². The molecule has 9 heteroatoms. The lowest BCUT2D eigenvalue weighted by molar-refractivity contribution is 0.557. The lowest BCUT2D eigenvalue weighted by atomic mass is 9.96. The molecule has 0 aliphatic carbocycles. The molecule has 5 rings (SSSR count). The zero-order chi connectivity index (χ0) is 21.5. The molecule has 2 atom stereocenters. The topological polar surface area (TPSA) is 63.8 Å². The Hall–Kier alpha value is -3.04. The predicted octanol–water partition coefficient (Wildman–Crippen LogP) is 4.34. The van der Waals surface area contributed by atoms with Crippen LogP contribution in [-0.2, 0) is 0 Å². The molecule has 1 aromatic carbocycles. The number of benzene rings is 1. The number of halogens is 1. The highest BCUT2D eigenvalue weighted by atomic mass is 79.9. The van der Waals surface area contributed by atoms with Gasteiger partial charge in [0.15, 0.2) is 5.11 Å². The van der Waals surface area contributed by atoms with Gasteiger partial charge in [0.05, 0.1) is 17.8 Å². The normalized spacial score (nSPS) is 18.4. The fourth-order valence-corrected chi connectivity index (χ4v) is 4.89. The molecule has 1 aliphatic rings. The molecule has 3 aromatic heterocycles. The smallest absolute Gasteiger partial charge is 0.174 e. The van der Waals surface area contributed by atoms with E-state index in [1.165, 1.54) is 0 Å². The summed E-state index contributed by atoms with van der Waals surface area (Å²) in [5, 5.41) is 12.1. The maximum atomic E-state index is 5.82. The van der Waals surface area contributed by atoms with Gasteiger partial charge >= 0.3 is 0 Å². The molecule has 1 N–H and O–H groups in total. The number of pyridine rings is 1. The first-order valence-electron chi connectivity index (χ1n) is 9.85. The Morgan fingerprint density at radius 3 is 2.45 bits per heavy atom. The van der Waals surface area contributed by atoms with E-state index in [4.69, 9.17) is 12.2 Å². The van der Waals surface area contributed by atoms with Gasteiger partial charge in [0.25, 0.3) is 0 Å². The molecule has 0 amide bonds. The van der Waals surface area contributed by atoms with Gasteiger partial charge in [-0.1, -0.05) is 22.0 Å². The summed E-state index contributed by atoms with van der Waals surface area (Å²) in [6, 6.07) is 16.2. The van der Waals surface area contributed by atoms with Crippen molar-refractivity contribution in [2.45, 2.75) is 25.9 Å². The standard InChI is InChI=1S/C22H20BrN7S/c1-14-11-18(15(2)30(14)28-12-25-26-13-28)21-20(19-5-3-4-10-24-19)27-22(31)29(21)17-8-6-16(23)7-9-17/h3-13,20-21H,1-2H3,(H,27,31)/t20-,21-/m1/s1. The minimum atomic E-state index is -0.0905. The van der Waals surface area contributed by atoms with Crippen LogP contribution >= 0.6 is 28.1 Å². The van der Waals surface area contributed by atoms with E-state index in [1.54, 1.807) is 12.7 Å². The third-order valence-corrected chi connectivity index (χ3v) is 6.44. The highest BCUT2D eigenvalue weighted by molar-refractivity contribution is 9.10. The van der Waals surface area contributed by atoms with Crippen molar-refractivity contribution in [2.24, 2.45) is 0 Å². The molecule has 0 radical (unpaired) electrons. The van der Waals surface area contributed by atoms with Gasteiger partial charge in [0.1, 0.15) is 12.7 Å². The van der Waals surface area contributed by atoms with E-state index in [2.05, 4.69) is 78.1 Å². The minimum absolute atomic E-state index is 0.0694. The summed E-state index contributed by atoms with van der Waals surface area (Å²) in [5.74, 6) is 0. The zero-order valence-corrected chi connectivity index (χ0v) is 19.4. The number of hydrogen-bond donors (Lipinski definition) is 1. The summed E-state index contributed by atoms with van der Waals surface area (Å²) in [6.07, 6.45) is 5.22. The molecule has 31 heavy (non-hydrogen) atoms. The van der Waals surface area contributed by atoms with Gasteiger partial charge in [0, 0.05) is 33.3 Å². The van der Waals surface area contributed by atoms with E-state index in [0.717, 1.165) is 32.8 Å². The van der Waals surface area contributed by atoms with Gasteiger partial charge in [-0.3, -0.25) is 9.66 Å². The van der Waals surface area contributed by atoms with E-state index >= 15 is 0 Å². The Morgan fingerprint density at radius 2 is 1.77 bits per heavy atom. The molecule has 1 fully saturated rings. The number of anilines is 1. The van der Waals surface area contributed by atoms with Crippen LogP contribution in [0.5, 0.6) is 0 Å². The van der Waals surface area contributed by atoms with E-state index in [-0.39, 0.29) is 12.1 Å². The molecule has 0 spiro atoms. The number of nitrogens with one attached hydrogen (secondary N) is 1. The van der Waals surface area contributed by atoms with Crippen LogP contribution in [0, 0.1) is 13.8 Å². The van der Waals surface area contributed by atoms with Crippen molar-refractivity contribution < 1.29 is 0 Å². The number of rotatable bonds is 4. The van der Waals surface area contributed by atoms with Crippen LogP contribution < -0.4 is 10.2 Å². The maximum absolute atomic E-state index is 5.82. The van der Waals surface area contributed by atoms with Crippen molar-refractivity contribution in [3.05, 3.63) is 94.5 Å². The Morgan fingerprint density at radius 1 is 1.03 bits per heavy atom. The Balaban J connectivity index is 1.68. The average molecular weight is 494 g/mol. The van der Waals surface area contributed by atoms with E-state index in [0.29, 0.717) is 5.11 Å². The summed E-state index contributed by atoms with van der Waals surface area (Å²) >= 11 is 9.34. The maximum Gasteiger partial charge on any atom is 0.174 e. The van der Waals surface area contributed by atoms with Crippen LogP contribution in [-0.4, -0.2) is 29.6 Å². The number of thiocarbonyl (C=S) groups is 1. The van der Waals surface area contributed by atoms with E-state index in [1.807, 2.05) is 41.2 Å². The molecule has 7 nitrogen and oxygen atoms in total. The van der Waals surface area contributed by atoms with Gasteiger partial charge in [-0.15, -0.1) is 10.2 Å². The van der Waals surface area contributed by atoms with Crippen molar-refractivity contribution in [2.75, 3.05) is 4.90 Å². The second kappa shape index (κ2) is 7.90. The molecule has 0 unspecified atom stereocenters. The third kappa shape index (κ3) is 3.43. The predicted molar refractivity (Wildman–Crippen MR) is 127 cm³/mol. The third-order valence-electron chi connectivity index (χ3n) is 5.59. The Bertz CT molecular complexity index is 1220. The number of aryl methyl sites for hydroxylation is 1. The second-order valence-corrected chi connectivity index (χ2v) is 8.76. The van der Waals surface area contributed by atoms with Gasteiger partial charge in [0.2, 0.25) is 0 Å². The monoisotopic (exact) mass is 493 g/mol. The summed E-state index contributed by atoms with van der Waals surface area (Å²) in [5.41, 5.74) is 5.32. The Labute approximate surface area is 193 Å². The van der Waals surface area contributed by atoms with Crippen LogP contribution in [0.1, 0.15) is 34.7 Å². The number of aromatic nitrogens is 5. The number of nitrogens with zero attached hydrogens (tertiary/aromatic N) is 6. The molecule has 0 saturated carbocycles. The Kier molecular flexibility index (Phi) is 5.07. The van der Waals surface area contributed by atoms with E-state index in [9.17, 15) is 0 Å². The first kappa shape index (κ1) is 19.9. The van der Waals surface area contributed by atoms with Crippen LogP contribution in [0.4, 0.5) is 5.69 Å². The average Bonchev–Trinajstić information content (AvgIpc) is 3.47. The fraction of sp³-hybridized carbons (Fsp3) is 0.182. The summed E-state index contributed by atoms with van der Waals surface area (Å²) in [6.45, 7) is 4.19. The second-order valence-electron chi connectivity index (χ2n) is 7.45. The van der Waals surface area contributed by atoms with Crippen LogP contribution in [0.25, 0.3) is 0 Å². The highest BCUT2D eigenvalue weighted by Crippen LogP contribution is 2.43. The fourth-order valence-electron chi connectivity index (χ4n) is 4.28. The van der Waals surface area contributed by atoms with Crippen LogP contribution in [0.2, 0.25) is 0 Å². The summed E-state index contributed by atoms with van der Waals surface area (Å²) in [7, 11) is 0. The largest absolute Gasteiger partial charge is 0.351 e. The molecule has 4 heterocycles. The first-order chi connectivity index (χ1) is 15.0. The van der Waals surface area contributed by atoms with Crippen LogP contribution in [0.15, 0.2) is 71.9 Å². The molecule has 0 bridgehead atoms. The molecule has 4 aromatic rings. The van der Waals surface area contributed by atoms with Crippen molar-refractivity contribution in [3.8, 4) is 0 Å². The minimum Gasteiger partial charge on any atom is -0.351 e. The molecular formula is C22H20BrN7S. The van der Waals surface area contributed by atoms with Gasteiger partial charge < -0.3 is 10.2 Å². The quantitative estimate of drug-likeness (QED) is 0.426. The van der Waals surface area contributed by atoms with E-state index < -0.39 is 0 Å². The van der Waals surface area contributed by atoms with Crippen molar-refractivity contribution in [1.29, 1.82) is 0 Å². The van der Waals surface area contributed by atoms with Crippen LogP contribution in [0.3, 0.4) is 0 Å². The highest BCUT2D eigenvalue weighted by Gasteiger charge is 2.42. The molecule has 1 saturated heterocycles. The molecule has 156 valence electrons. The van der Waals surface area contributed by atoms with Gasteiger partial charge in [-0.25, -0.2) is 4.68 Å². The molecular weight excluding hydrogens is 474 g/mol. The SMILES string of the molecule is Cc1cc([C@@H]2[C@@H](c3ccccn3)NC(=S)N2c2ccc(Br)cc2)c(C)n1-n1cnnc1. The van der Waals surface area contributed by atoms with Crippen molar-refractivity contribution >= 4 is 38.9 Å². The zero-order valence-electron chi connectivity index (χ0n) is 17.0. The summed E-state index contributed by atoms with van der Waals surface area (Å²) < 4.78 is 5.01. The van der Waals surface area contributed by atoms with Gasteiger partial charge in [-0.2, -0.15) is 0 Å². The lowest BCUT2D eigenvalue weighted by Gasteiger charge is -2.28. The molecule has 1 aliphatic heterocycles. The number of hydrogen-bond acceptors (Lipinski definition) is 4. The lowest BCUT2D eigenvalue weighted by Crippen LogP contribution is -2.29. The van der Waals surface area contributed by atoms with Gasteiger partial charge in [-0.05, 0) is 68.5 Å².